The third-order valence-electron chi connectivity index (χ3n) is 5.59. The molecule has 0 nitrogen and oxygen atoms in total. The van der Waals surface area contributed by atoms with Gasteiger partial charge in [0.25, 0.3) is 0 Å². The number of hydrogen-bond acceptors (Lipinski definition) is 2. The molecule has 0 aliphatic heterocycles. The summed E-state index contributed by atoms with van der Waals surface area (Å²) in [5.74, 6) is 0. The van der Waals surface area contributed by atoms with E-state index in [1.165, 1.54) is 35.0 Å². The van der Waals surface area contributed by atoms with Crippen LogP contribution in [0.2, 0.25) is 10.0 Å². The molecule has 0 N–H and O–H groups in total. The molecule has 0 unspecified atom stereocenters. The van der Waals surface area contributed by atoms with Gasteiger partial charge in [0.05, 0.1) is 0 Å². The van der Waals surface area contributed by atoms with Crippen molar-refractivity contribution < 1.29 is 0 Å². The number of rotatable bonds is 7. The van der Waals surface area contributed by atoms with Crippen LogP contribution in [-0.4, -0.2) is 21.8 Å². The van der Waals surface area contributed by atoms with E-state index in [0.717, 1.165) is 10.0 Å². The van der Waals surface area contributed by atoms with Gasteiger partial charge in [-0.3, -0.25) is 0 Å². The van der Waals surface area contributed by atoms with E-state index in [1.807, 2.05) is 47.8 Å². The van der Waals surface area contributed by atoms with Crippen molar-refractivity contribution in [1.29, 1.82) is 0 Å². The molecule has 0 radical (unpaired) electrons. The molecule has 0 spiro atoms. The van der Waals surface area contributed by atoms with E-state index in [-0.39, 0.29) is 0 Å². The Morgan fingerprint density at radius 3 is 1.36 bits per heavy atom. The molecule has 36 heavy (non-hydrogen) atoms. The first-order valence-electron chi connectivity index (χ1n) is 11.5. The van der Waals surface area contributed by atoms with Crippen LogP contribution in [0.4, 0.5) is 0 Å². The first kappa shape index (κ1) is 25.9. The molecule has 0 amide bonds. The fraction of sp³-hybridized carbons (Fsp3) is 0.0323. The van der Waals surface area contributed by atoms with Gasteiger partial charge in [0, 0.05) is 0 Å². The molecule has 0 fully saturated rings. The van der Waals surface area contributed by atoms with E-state index in [9.17, 15) is 0 Å². The molecule has 5 rings (SSSR count). The molecule has 0 saturated carbocycles. The summed E-state index contributed by atoms with van der Waals surface area (Å²) >= 11 is 13.3. The summed E-state index contributed by atoms with van der Waals surface area (Å²) in [5, 5.41) is 1.52. The standard InChI is InChI=1S/2C12H8ClS.C7H7.Bi/c2*13-10-6-8-12(9-7-10)14-11-4-2-1-3-5-11;1-7-5-3-2-4-6-7;/h2*1-4,6-9H;3-6H,1H3;. The van der Waals surface area contributed by atoms with E-state index in [2.05, 4.69) is 104 Å². The van der Waals surface area contributed by atoms with Crippen molar-refractivity contribution >= 4 is 78.3 Å². The zero-order valence-corrected chi connectivity index (χ0v) is 26.2. The van der Waals surface area contributed by atoms with Crippen LogP contribution in [0, 0.1) is 6.92 Å². The molecule has 0 atom stereocenters. The second kappa shape index (κ2) is 12.2. The number of hydrogen-bond donors (Lipinski definition) is 0. The van der Waals surface area contributed by atoms with Gasteiger partial charge in [0.15, 0.2) is 0 Å². The Balaban J connectivity index is 1.62. The van der Waals surface area contributed by atoms with Crippen LogP contribution in [0.15, 0.2) is 141 Å². The van der Waals surface area contributed by atoms with E-state index in [0.29, 0.717) is 0 Å². The summed E-state index contributed by atoms with van der Waals surface area (Å²) in [5.41, 5.74) is 1.29. The van der Waals surface area contributed by atoms with Crippen molar-refractivity contribution in [3.05, 3.63) is 137 Å². The topological polar surface area (TPSA) is 0 Å². The van der Waals surface area contributed by atoms with Crippen molar-refractivity contribution in [2.24, 2.45) is 0 Å². The maximum atomic E-state index is 6.15. The van der Waals surface area contributed by atoms with Gasteiger partial charge in [-0.1, -0.05) is 0 Å². The van der Waals surface area contributed by atoms with E-state index < -0.39 is 21.8 Å². The van der Waals surface area contributed by atoms with Crippen LogP contribution in [0.25, 0.3) is 0 Å². The summed E-state index contributed by atoms with van der Waals surface area (Å²) in [7, 11) is 0. The Morgan fingerprint density at radius 2 is 0.917 bits per heavy atom. The van der Waals surface area contributed by atoms with E-state index in [4.69, 9.17) is 23.2 Å². The van der Waals surface area contributed by atoms with Gasteiger partial charge in [0.1, 0.15) is 0 Å². The summed E-state index contributed by atoms with van der Waals surface area (Å²) in [6.07, 6.45) is 0. The van der Waals surface area contributed by atoms with E-state index >= 15 is 0 Å². The van der Waals surface area contributed by atoms with E-state index in [1.54, 1.807) is 0 Å². The third-order valence-corrected chi connectivity index (χ3v) is 19.4. The van der Waals surface area contributed by atoms with Crippen LogP contribution < -0.4 is 9.81 Å². The summed E-state index contributed by atoms with van der Waals surface area (Å²) in [6, 6.07) is 43.3. The first-order valence-corrected chi connectivity index (χ1v) is 19.1. The molecule has 0 aliphatic carbocycles. The average molecular weight is 740 g/mol. The third kappa shape index (κ3) is 6.39. The molecule has 5 aromatic carbocycles. The molecule has 0 saturated heterocycles. The molecule has 0 aromatic heterocycles. The molecular weight excluding hydrogens is 716 g/mol. The van der Waals surface area contributed by atoms with Gasteiger partial charge in [-0.05, 0) is 0 Å². The number of benzene rings is 5. The maximum absolute atomic E-state index is 6.15. The second-order valence-electron chi connectivity index (χ2n) is 8.22. The Kier molecular flexibility index (Phi) is 8.78. The van der Waals surface area contributed by atoms with Crippen LogP contribution in [-0.2, 0) is 0 Å². The Hall–Kier alpha value is -1.74. The predicted octanol–water partition coefficient (Wildman–Crippen LogP) is 8.12. The van der Waals surface area contributed by atoms with Crippen LogP contribution >= 0.6 is 46.7 Å². The summed E-state index contributed by atoms with van der Waals surface area (Å²) in [4.78, 5) is 5.04. The monoisotopic (exact) mass is 738 g/mol. The Labute approximate surface area is 239 Å². The number of halogens is 2. The zero-order valence-electron chi connectivity index (χ0n) is 19.6. The van der Waals surface area contributed by atoms with Gasteiger partial charge in [0.2, 0.25) is 0 Å². The van der Waals surface area contributed by atoms with Crippen LogP contribution in [0.3, 0.4) is 0 Å². The fourth-order valence-corrected chi connectivity index (χ4v) is 17.5. The molecule has 5 heteroatoms. The summed E-state index contributed by atoms with van der Waals surface area (Å²) in [6.45, 7) is 2.16. The molecule has 0 aliphatic rings. The quantitative estimate of drug-likeness (QED) is 0.155. The average Bonchev–Trinajstić information content (AvgIpc) is 2.90. The van der Waals surface area contributed by atoms with Crippen LogP contribution in [0.1, 0.15) is 5.56 Å². The second-order valence-corrected chi connectivity index (χ2v) is 19.7. The van der Waals surface area contributed by atoms with Crippen LogP contribution in [0.5, 0.6) is 0 Å². The van der Waals surface area contributed by atoms with Gasteiger partial charge >= 0.3 is 242 Å². The Bertz CT molecular complexity index is 1360. The fourth-order valence-electron chi connectivity index (χ4n) is 3.82. The molecular formula is C31H23BiCl2S2. The van der Waals surface area contributed by atoms with Crippen molar-refractivity contribution in [3.8, 4) is 0 Å². The zero-order chi connectivity index (χ0) is 24.9. The Morgan fingerprint density at radius 1 is 0.500 bits per heavy atom. The molecule has 178 valence electrons. The predicted molar refractivity (Wildman–Crippen MR) is 160 cm³/mol. The van der Waals surface area contributed by atoms with Gasteiger partial charge in [-0.2, -0.15) is 0 Å². The molecule has 0 heterocycles. The van der Waals surface area contributed by atoms with Crippen molar-refractivity contribution in [3.63, 3.8) is 0 Å². The van der Waals surface area contributed by atoms with Crippen molar-refractivity contribution in [2.45, 2.75) is 26.5 Å². The van der Waals surface area contributed by atoms with Gasteiger partial charge in [-0.25, -0.2) is 0 Å². The molecule has 0 bridgehead atoms. The van der Waals surface area contributed by atoms with Crippen molar-refractivity contribution in [2.75, 3.05) is 0 Å². The van der Waals surface area contributed by atoms with Gasteiger partial charge < -0.3 is 0 Å². The minimum atomic E-state index is -2.68. The normalized spacial score (nSPS) is 11.1. The first-order chi connectivity index (χ1) is 17.6. The molecule has 5 aromatic rings. The number of aryl methyl sites for hydroxylation is 1. The summed E-state index contributed by atoms with van der Waals surface area (Å²) < 4.78 is 4.45. The SMILES string of the molecule is Cc1cc[c]([Bi]([c]2ccccc2Sc2ccc(Cl)cc2)[c]2ccccc2Sc2ccc(Cl)cc2)cc1. The van der Waals surface area contributed by atoms with Crippen molar-refractivity contribution in [1.82, 2.24) is 0 Å². The minimum absolute atomic E-state index is 0.761. The van der Waals surface area contributed by atoms with Gasteiger partial charge in [-0.15, -0.1) is 0 Å².